The summed E-state index contributed by atoms with van der Waals surface area (Å²) in [6, 6.07) is 0. The maximum atomic E-state index is 8.91. The van der Waals surface area contributed by atoms with Crippen molar-refractivity contribution in [2.45, 2.75) is 20.3 Å². The van der Waals surface area contributed by atoms with Crippen LogP contribution in [0.1, 0.15) is 20.3 Å². The lowest BCUT2D eigenvalue weighted by molar-refractivity contribution is 0.187. The van der Waals surface area contributed by atoms with Crippen molar-refractivity contribution >= 4 is 11.8 Å². The Morgan fingerprint density at radius 2 is 2.00 bits per heavy atom. The number of rotatable bonds is 5. The molecule has 2 heteroatoms. The van der Waals surface area contributed by atoms with Crippen LogP contribution in [0.2, 0.25) is 0 Å². The number of thioether (sulfide) groups is 1. The number of aliphatic hydroxyl groups excluding tert-OH is 1. The van der Waals surface area contributed by atoms with Crippen LogP contribution >= 0.6 is 11.8 Å². The van der Waals surface area contributed by atoms with Crippen molar-refractivity contribution in [2.24, 2.45) is 11.8 Å². The Bertz CT molecular complexity index is 73.7. The fourth-order valence-corrected chi connectivity index (χ4v) is 1.44. The average Bonchev–Trinajstić information content (AvgIpc) is 1.89. The molecule has 1 N–H and O–H groups in total. The molecule has 0 aliphatic rings. The maximum Gasteiger partial charge on any atom is 0.0462 e. The molecule has 0 heterocycles. The Morgan fingerprint density at radius 3 is 2.30 bits per heavy atom. The van der Waals surface area contributed by atoms with Gasteiger partial charge in [-0.3, -0.25) is 0 Å². The van der Waals surface area contributed by atoms with E-state index < -0.39 is 0 Å². The zero-order valence-corrected chi connectivity index (χ0v) is 7.95. The van der Waals surface area contributed by atoms with E-state index in [0.29, 0.717) is 18.4 Å². The molecule has 1 atom stereocenters. The molecule has 0 aliphatic heterocycles. The Kier molecular flexibility index (Phi) is 6.24. The minimum Gasteiger partial charge on any atom is -0.396 e. The largest absolute Gasteiger partial charge is 0.396 e. The third kappa shape index (κ3) is 4.18. The molecule has 0 rings (SSSR count). The Morgan fingerprint density at radius 1 is 1.40 bits per heavy atom. The molecular formula is C8H18OS. The summed E-state index contributed by atoms with van der Waals surface area (Å²) in [4.78, 5) is 0. The van der Waals surface area contributed by atoms with Gasteiger partial charge in [-0.25, -0.2) is 0 Å². The second-order valence-corrected chi connectivity index (χ2v) is 3.95. The number of hydrogen-bond acceptors (Lipinski definition) is 2. The van der Waals surface area contributed by atoms with Crippen LogP contribution in [0.5, 0.6) is 0 Å². The average molecular weight is 162 g/mol. The second kappa shape index (κ2) is 6.05. The summed E-state index contributed by atoms with van der Waals surface area (Å²) in [5, 5.41) is 8.91. The van der Waals surface area contributed by atoms with Crippen molar-refractivity contribution < 1.29 is 5.11 Å². The summed E-state index contributed by atoms with van der Waals surface area (Å²) >= 11 is 1.85. The van der Waals surface area contributed by atoms with E-state index in [1.165, 1.54) is 5.75 Å². The molecule has 0 fully saturated rings. The molecule has 0 aromatic rings. The predicted octanol–water partition coefficient (Wildman–Crippen LogP) is 2.00. The summed E-state index contributed by atoms with van der Waals surface area (Å²) in [6.45, 7) is 4.68. The minimum atomic E-state index is 0.345. The standard InChI is InChI=1S/C8H18OS/c1-7(2)8(6-9)4-5-10-3/h7-9H,4-6H2,1-3H3/t8-/m0/s1. The molecule has 0 bridgehead atoms. The van der Waals surface area contributed by atoms with E-state index >= 15 is 0 Å². The Balaban J connectivity index is 3.40. The van der Waals surface area contributed by atoms with E-state index in [-0.39, 0.29) is 0 Å². The lowest BCUT2D eigenvalue weighted by Gasteiger charge is -2.16. The molecule has 0 unspecified atom stereocenters. The van der Waals surface area contributed by atoms with E-state index in [9.17, 15) is 0 Å². The number of hydrogen-bond donors (Lipinski definition) is 1. The van der Waals surface area contributed by atoms with Gasteiger partial charge in [0.05, 0.1) is 0 Å². The van der Waals surface area contributed by atoms with Gasteiger partial charge in [-0.15, -0.1) is 0 Å². The van der Waals surface area contributed by atoms with Crippen LogP contribution < -0.4 is 0 Å². The normalized spacial score (nSPS) is 14.1. The first kappa shape index (κ1) is 10.3. The molecule has 1 nitrogen and oxygen atoms in total. The summed E-state index contributed by atoms with van der Waals surface area (Å²) < 4.78 is 0. The molecule has 0 aromatic carbocycles. The molecule has 10 heavy (non-hydrogen) atoms. The smallest absolute Gasteiger partial charge is 0.0462 e. The number of aliphatic hydroxyl groups is 1. The van der Waals surface area contributed by atoms with Gasteiger partial charge in [0, 0.05) is 6.61 Å². The molecule has 62 valence electrons. The highest BCUT2D eigenvalue weighted by Gasteiger charge is 2.10. The minimum absolute atomic E-state index is 0.345. The fourth-order valence-electron chi connectivity index (χ4n) is 0.905. The first-order valence-electron chi connectivity index (χ1n) is 3.82. The van der Waals surface area contributed by atoms with Crippen LogP contribution in [0.25, 0.3) is 0 Å². The maximum absolute atomic E-state index is 8.91. The third-order valence-electron chi connectivity index (χ3n) is 1.87. The first-order valence-corrected chi connectivity index (χ1v) is 5.21. The van der Waals surface area contributed by atoms with Crippen molar-refractivity contribution in [3.05, 3.63) is 0 Å². The van der Waals surface area contributed by atoms with Crippen molar-refractivity contribution in [1.29, 1.82) is 0 Å². The van der Waals surface area contributed by atoms with Crippen LogP contribution in [-0.2, 0) is 0 Å². The van der Waals surface area contributed by atoms with Crippen molar-refractivity contribution in [3.8, 4) is 0 Å². The van der Waals surface area contributed by atoms with Crippen molar-refractivity contribution in [1.82, 2.24) is 0 Å². The van der Waals surface area contributed by atoms with Gasteiger partial charge in [-0.05, 0) is 30.3 Å². The van der Waals surface area contributed by atoms with Gasteiger partial charge >= 0.3 is 0 Å². The van der Waals surface area contributed by atoms with Gasteiger partial charge in [0.2, 0.25) is 0 Å². The molecule has 0 aliphatic carbocycles. The second-order valence-electron chi connectivity index (χ2n) is 2.97. The first-order chi connectivity index (χ1) is 4.72. The highest BCUT2D eigenvalue weighted by Crippen LogP contribution is 2.15. The third-order valence-corrected chi connectivity index (χ3v) is 2.51. The van der Waals surface area contributed by atoms with E-state index in [1.807, 2.05) is 11.8 Å². The topological polar surface area (TPSA) is 20.2 Å². The predicted molar refractivity (Wildman–Crippen MR) is 48.4 cm³/mol. The quantitative estimate of drug-likeness (QED) is 0.667. The lowest BCUT2D eigenvalue weighted by Crippen LogP contribution is -2.13. The van der Waals surface area contributed by atoms with E-state index in [2.05, 4.69) is 20.1 Å². The monoisotopic (exact) mass is 162 g/mol. The zero-order chi connectivity index (χ0) is 7.98. The highest BCUT2D eigenvalue weighted by atomic mass is 32.2. The zero-order valence-electron chi connectivity index (χ0n) is 7.13. The SMILES string of the molecule is CSCC[C@@H](CO)C(C)C. The molecule has 0 amide bonds. The van der Waals surface area contributed by atoms with Gasteiger partial charge in [0.25, 0.3) is 0 Å². The van der Waals surface area contributed by atoms with Crippen LogP contribution in [0.15, 0.2) is 0 Å². The molecular weight excluding hydrogens is 144 g/mol. The van der Waals surface area contributed by atoms with Crippen LogP contribution in [0, 0.1) is 11.8 Å². The molecule has 0 spiro atoms. The highest BCUT2D eigenvalue weighted by molar-refractivity contribution is 7.98. The van der Waals surface area contributed by atoms with E-state index in [0.717, 1.165) is 6.42 Å². The van der Waals surface area contributed by atoms with Gasteiger partial charge in [-0.1, -0.05) is 13.8 Å². The van der Waals surface area contributed by atoms with Crippen LogP contribution in [-0.4, -0.2) is 23.7 Å². The fraction of sp³-hybridized carbons (Fsp3) is 1.00. The van der Waals surface area contributed by atoms with Gasteiger partial charge < -0.3 is 5.11 Å². The molecule has 0 aromatic heterocycles. The summed E-state index contributed by atoms with van der Waals surface area (Å²) in [7, 11) is 0. The van der Waals surface area contributed by atoms with Gasteiger partial charge in [0.1, 0.15) is 0 Å². The van der Waals surface area contributed by atoms with Crippen LogP contribution in [0.4, 0.5) is 0 Å². The van der Waals surface area contributed by atoms with Gasteiger partial charge in [0.15, 0.2) is 0 Å². The Labute approximate surface area is 68.2 Å². The Hall–Kier alpha value is 0.310. The summed E-state index contributed by atoms with van der Waals surface area (Å²) in [6.07, 6.45) is 3.25. The molecule has 0 radical (unpaired) electrons. The molecule has 0 saturated heterocycles. The van der Waals surface area contributed by atoms with E-state index in [4.69, 9.17) is 5.11 Å². The summed E-state index contributed by atoms with van der Waals surface area (Å²) in [5.74, 6) is 2.30. The summed E-state index contributed by atoms with van der Waals surface area (Å²) in [5.41, 5.74) is 0. The lowest BCUT2D eigenvalue weighted by atomic mass is 9.94. The van der Waals surface area contributed by atoms with Crippen molar-refractivity contribution in [3.63, 3.8) is 0 Å². The van der Waals surface area contributed by atoms with Crippen molar-refractivity contribution in [2.75, 3.05) is 18.6 Å². The van der Waals surface area contributed by atoms with Crippen LogP contribution in [0.3, 0.4) is 0 Å². The van der Waals surface area contributed by atoms with Gasteiger partial charge in [-0.2, -0.15) is 11.8 Å². The van der Waals surface area contributed by atoms with E-state index in [1.54, 1.807) is 0 Å². The molecule has 0 saturated carbocycles.